The first kappa shape index (κ1) is 12.1. The first-order valence-corrected chi connectivity index (χ1v) is 4.87. The van der Waals surface area contributed by atoms with E-state index in [1.807, 2.05) is 0 Å². The normalized spacial score (nSPS) is 28.0. The van der Waals surface area contributed by atoms with Crippen molar-refractivity contribution >= 4 is 11.9 Å². The number of hydroxylamine groups is 2. The summed E-state index contributed by atoms with van der Waals surface area (Å²) in [5.74, 6) is -2.84. The number of nitrogens with zero attached hydrogens (tertiary/aromatic N) is 1. The molecule has 0 spiro atoms. The van der Waals surface area contributed by atoms with Gasteiger partial charge in [-0.1, -0.05) is 0 Å². The van der Waals surface area contributed by atoms with Crippen LogP contribution < -0.4 is 0 Å². The quantitative estimate of drug-likeness (QED) is 0.464. The molecular weight excluding hydrogens is 246 g/mol. The number of carbonyl (C=O) groups excluding carboxylic acids is 2. The highest BCUT2D eigenvalue weighted by Crippen LogP contribution is 2.18. The Hall–Kier alpha value is -2.32. The van der Waals surface area contributed by atoms with Crippen molar-refractivity contribution in [2.24, 2.45) is 0 Å². The summed E-state index contributed by atoms with van der Waals surface area (Å²) >= 11 is 0. The number of aliphatic hydroxyl groups excluding tert-OH is 3. The van der Waals surface area contributed by atoms with Crippen LogP contribution in [0.2, 0.25) is 0 Å². The van der Waals surface area contributed by atoms with Gasteiger partial charge in [0.05, 0.1) is 6.20 Å². The predicted octanol–water partition coefficient (Wildman–Crippen LogP) is -1.16. The molecule has 2 aliphatic heterocycles. The Morgan fingerprint density at radius 1 is 1.11 bits per heavy atom. The van der Waals surface area contributed by atoms with E-state index in [0.717, 1.165) is 17.3 Å². The summed E-state index contributed by atoms with van der Waals surface area (Å²) in [7, 11) is 0. The SMILES string of the molecule is O=C1OC2=CC=C(O)C=CN2OC(=O)C(O)C1O. The van der Waals surface area contributed by atoms with Crippen molar-refractivity contribution in [1.29, 1.82) is 0 Å². The molecule has 0 aromatic rings. The summed E-state index contributed by atoms with van der Waals surface area (Å²) in [6, 6.07) is 0. The monoisotopic (exact) mass is 255 g/mol. The van der Waals surface area contributed by atoms with Gasteiger partial charge in [0, 0.05) is 6.08 Å². The van der Waals surface area contributed by atoms with Crippen LogP contribution in [-0.4, -0.2) is 44.5 Å². The lowest BCUT2D eigenvalue weighted by molar-refractivity contribution is -0.209. The molecule has 2 atom stereocenters. The molecule has 1 saturated heterocycles. The van der Waals surface area contributed by atoms with Crippen LogP contribution in [-0.2, 0) is 19.2 Å². The number of hydrogen-bond donors (Lipinski definition) is 3. The van der Waals surface area contributed by atoms with Gasteiger partial charge in [-0.25, -0.2) is 9.59 Å². The van der Waals surface area contributed by atoms with E-state index in [2.05, 4.69) is 4.84 Å². The topological polar surface area (TPSA) is 117 Å². The van der Waals surface area contributed by atoms with Crippen molar-refractivity contribution in [3.05, 3.63) is 36.1 Å². The van der Waals surface area contributed by atoms with Gasteiger partial charge in [-0.15, -0.1) is 5.06 Å². The van der Waals surface area contributed by atoms with Crippen LogP contribution >= 0.6 is 0 Å². The first-order chi connectivity index (χ1) is 8.49. The molecule has 2 aliphatic rings. The standard InChI is InChI=1S/C10H9NO7/c12-5-1-2-6-11(4-3-5)18-10(16)8(14)7(13)9(15)17-6/h1-4,7-8,12-14H. The highest BCUT2D eigenvalue weighted by atomic mass is 16.7. The van der Waals surface area contributed by atoms with Crippen LogP contribution in [0.3, 0.4) is 0 Å². The summed E-state index contributed by atoms with van der Waals surface area (Å²) in [5.41, 5.74) is 0. The zero-order valence-electron chi connectivity index (χ0n) is 8.89. The molecular formula is C10H9NO7. The Morgan fingerprint density at radius 3 is 2.50 bits per heavy atom. The van der Waals surface area contributed by atoms with E-state index >= 15 is 0 Å². The van der Waals surface area contributed by atoms with Gasteiger partial charge in [-0.2, -0.15) is 0 Å². The second kappa shape index (κ2) is 4.51. The molecule has 0 bridgehead atoms. The van der Waals surface area contributed by atoms with Gasteiger partial charge in [-0.05, 0) is 12.2 Å². The molecule has 96 valence electrons. The van der Waals surface area contributed by atoms with E-state index in [4.69, 9.17) is 4.74 Å². The maximum atomic E-state index is 11.4. The van der Waals surface area contributed by atoms with Gasteiger partial charge in [0.2, 0.25) is 5.88 Å². The van der Waals surface area contributed by atoms with E-state index < -0.39 is 24.1 Å². The van der Waals surface area contributed by atoms with Crippen LogP contribution in [0.25, 0.3) is 0 Å². The average Bonchev–Trinajstić information content (AvgIpc) is 2.51. The summed E-state index contributed by atoms with van der Waals surface area (Å²) in [6.45, 7) is 0. The first-order valence-electron chi connectivity index (χ1n) is 4.87. The van der Waals surface area contributed by atoms with Crippen molar-refractivity contribution < 1.29 is 34.5 Å². The van der Waals surface area contributed by atoms with Crippen LogP contribution in [0.1, 0.15) is 0 Å². The van der Waals surface area contributed by atoms with E-state index in [0.29, 0.717) is 0 Å². The summed E-state index contributed by atoms with van der Waals surface area (Å²) in [4.78, 5) is 27.4. The van der Waals surface area contributed by atoms with E-state index in [1.54, 1.807) is 0 Å². The molecule has 0 aliphatic carbocycles. The van der Waals surface area contributed by atoms with Gasteiger partial charge in [0.25, 0.3) is 0 Å². The number of esters is 1. The Bertz CT molecular complexity index is 479. The minimum Gasteiger partial charge on any atom is -0.508 e. The Morgan fingerprint density at radius 2 is 1.78 bits per heavy atom. The fourth-order valence-corrected chi connectivity index (χ4v) is 1.23. The largest absolute Gasteiger partial charge is 0.508 e. The number of rotatable bonds is 0. The molecule has 1 fully saturated rings. The molecule has 3 N–H and O–H groups in total. The highest BCUT2D eigenvalue weighted by molar-refractivity contribution is 5.86. The number of carbonyl (C=O) groups is 2. The lowest BCUT2D eigenvalue weighted by Crippen LogP contribution is -2.46. The third kappa shape index (κ3) is 2.19. The number of ether oxygens (including phenoxy) is 1. The fraction of sp³-hybridized carbons (Fsp3) is 0.200. The zero-order valence-corrected chi connectivity index (χ0v) is 8.89. The lowest BCUT2D eigenvalue weighted by Gasteiger charge is -2.26. The Kier molecular flexibility index (Phi) is 3.04. The molecule has 0 aromatic carbocycles. The smallest absolute Gasteiger partial charge is 0.364 e. The zero-order chi connectivity index (χ0) is 13.3. The molecule has 0 aromatic heterocycles. The Labute approximate surface area is 101 Å². The maximum absolute atomic E-state index is 11.4. The van der Waals surface area contributed by atoms with Crippen LogP contribution in [0.4, 0.5) is 0 Å². The van der Waals surface area contributed by atoms with E-state index in [1.165, 1.54) is 12.2 Å². The minimum absolute atomic E-state index is 0.164. The van der Waals surface area contributed by atoms with Crippen molar-refractivity contribution in [3.8, 4) is 0 Å². The van der Waals surface area contributed by atoms with Crippen molar-refractivity contribution in [3.63, 3.8) is 0 Å². The summed E-state index contributed by atoms with van der Waals surface area (Å²) in [6.07, 6.45) is 0.556. The molecule has 0 saturated carbocycles. The highest BCUT2D eigenvalue weighted by Gasteiger charge is 2.38. The predicted molar refractivity (Wildman–Crippen MR) is 54.0 cm³/mol. The van der Waals surface area contributed by atoms with Crippen molar-refractivity contribution in [1.82, 2.24) is 5.06 Å². The molecule has 2 heterocycles. The summed E-state index contributed by atoms with van der Waals surface area (Å²) in [5, 5.41) is 28.5. The number of hydrogen-bond acceptors (Lipinski definition) is 8. The molecule has 2 unspecified atom stereocenters. The molecule has 8 nitrogen and oxygen atoms in total. The molecule has 8 heteroatoms. The van der Waals surface area contributed by atoms with Crippen molar-refractivity contribution in [2.75, 3.05) is 0 Å². The number of fused-ring (bicyclic) bond motifs is 1. The van der Waals surface area contributed by atoms with Gasteiger partial charge >= 0.3 is 11.9 Å². The number of aliphatic hydroxyl groups is 3. The summed E-state index contributed by atoms with van der Waals surface area (Å²) < 4.78 is 4.71. The van der Waals surface area contributed by atoms with E-state index in [-0.39, 0.29) is 11.6 Å². The second-order valence-corrected chi connectivity index (χ2v) is 3.46. The van der Waals surface area contributed by atoms with Crippen LogP contribution in [0, 0.1) is 0 Å². The average molecular weight is 255 g/mol. The second-order valence-electron chi connectivity index (χ2n) is 3.46. The molecule has 18 heavy (non-hydrogen) atoms. The van der Waals surface area contributed by atoms with Crippen LogP contribution in [0.15, 0.2) is 36.1 Å². The van der Waals surface area contributed by atoms with E-state index in [9.17, 15) is 24.9 Å². The molecule has 0 radical (unpaired) electrons. The number of allylic oxidation sites excluding steroid dienone is 3. The molecule has 2 rings (SSSR count). The molecule has 0 amide bonds. The maximum Gasteiger partial charge on any atom is 0.364 e. The minimum atomic E-state index is -2.04. The lowest BCUT2D eigenvalue weighted by atomic mass is 10.2. The third-order valence-corrected chi connectivity index (χ3v) is 2.17. The van der Waals surface area contributed by atoms with Crippen molar-refractivity contribution in [2.45, 2.75) is 12.2 Å². The fourth-order valence-electron chi connectivity index (χ4n) is 1.23. The third-order valence-electron chi connectivity index (χ3n) is 2.17. The van der Waals surface area contributed by atoms with Crippen LogP contribution in [0.5, 0.6) is 0 Å². The van der Waals surface area contributed by atoms with Gasteiger partial charge in [-0.3, -0.25) is 0 Å². The van der Waals surface area contributed by atoms with Gasteiger partial charge < -0.3 is 24.9 Å². The van der Waals surface area contributed by atoms with Gasteiger partial charge in [0.1, 0.15) is 5.76 Å². The Balaban J connectivity index is 2.35. The van der Waals surface area contributed by atoms with Gasteiger partial charge in [0.15, 0.2) is 12.2 Å².